The largest absolute Gasteiger partial charge is 0.456 e. The van der Waals surface area contributed by atoms with Gasteiger partial charge in [0.05, 0.1) is 11.0 Å². The highest BCUT2D eigenvalue weighted by Gasteiger charge is 2.21. The molecule has 0 bridgehead atoms. The van der Waals surface area contributed by atoms with E-state index in [4.69, 9.17) is 19.4 Å². The molecule has 0 spiro atoms. The van der Waals surface area contributed by atoms with Crippen molar-refractivity contribution in [3.8, 4) is 40.0 Å². The van der Waals surface area contributed by atoms with E-state index in [0.717, 1.165) is 55.2 Å². The molecule has 0 amide bonds. The molecule has 0 aliphatic rings. The average molecular weight is 515 g/mol. The van der Waals surface area contributed by atoms with Crippen molar-refractivity contribution in [1.29, 1.82) is 0 Å². The molecular formula is C35H22N4O. The fraction of sp³-hybridized carbons (Fsp3) is 0. The first-order chi connectivity index (χ1) is 19.8. The van der Waals surface area contributed by atoms with E-state index in [2.05, 4.69) is 59.2 Å². The Bertz CT molecular complexity index is 2090. The van der Waals surface area contributed by atoms with Crippen LogP contribution in [0, 0.1) is 0 Å². The molecule has 5 heteroatoms. The Labute approximate surface area is 230 Å². The quantitative estimate of drug-likeness (QED) is 0.236. The molecule has 0 aliphatic carbocycles. The third-order valence-corrected chi connectivity index (χ3v) is 7.28. The van der Waals surface area contributed by atoms with Gasteiger partial charge in [-0.2, -0.15) is 9.97 Å². The second kappa shape index (κ2) is 9.03. The van der Waals surface area contributed by atoms with Crippen LogP contribution in [0.4, 0.5) is 0 Å². The maximum absolute atomic E-state index is 6.37. The highest BCUT2D eigenvalue weighted by atomic mass is 16.3. The molecule has 0 fully saturated rings. The molecule has 3 heterocycles. The van der Waals surface area contributed by atoms with Crippen LogP contribution in [-0.4, -0.2) is 19.5 Å². The van der Waals surface area contributed by atoms with Crippen molar-refractivity contribution >= 4 is 32.8 Å². The summed E-state index contributed by atoms with van der Waals surface area (Å²) in [5, 5.41) is 3.26. The van der Waals surface area contributed by atoms with Crippen LogP contribution in [0.2, 0.25) is 0 Å². The maximum atomic E-state index is 6.37. The molecule has 0 saturated carbocycles. The minimum atomic E-state index is 0.564. The zero-order chi connectivity index (χ0) is 26.5. The van der Waals surface area contributed by atoms with E-state index in [1.165, 1.54) is 0 Å². The Morgan fingerprint density at radius 1 is 0.475 bits per heavy atom. The fourth-order valence-corrected chi connectivity index (χ4v) is 5.42. The monoisotopic (exact) mass is 514 g/mol. The molecule has 3 aromatic heterocycles. The Morgan fingerprint density at radius 2 is 1.05 bits per heavy atom. The number of hydrogen-bond acceptors (Lipinski definition) is 4. The molecule has 0 atom stereocenters. The second-order valence-corrected chi connectivity index (χ2v) is 9.72. The first-order valence-electron chi connectivity index (χ1n) is 13.2. The topological polar surface area (TPSA) is 56.7 Å². The highest BCUT2D eigenvalue weighted by Crippen LogP contribution is 2.39. The van der Waals surface area contributed by atoms with Gasteiger partial charge in [-0.05, 0) is 24.3 Å². The molecule has 0 N–H and O–H groups in total. The third kappa shape index (κ3) is 3.60. The van der Waals surface area contributed by atoms with Crippen molar-refractivity contribution in [2.75, 3.05) is 0 Å². The molecule has 0 unspecified atom stereocenters. The summed E-state index contributed by atoms with van der Waals surface area (Å²) >= 11 is 0. The summed E-state index contributed by atoms with van der Waals surface area (Å²) in [6.07, 6.45) is 0. The van der Waals surface area contributed by atoms with Gasteiger partial charge in [-0.3, -0.25) is 4.57 Å². The van der Waals surface area contributed by atoms with Crippen LogP contribution < -0.4 is 0 Å². The number of furan rings is 1. The molecule has 5 nitrogen and oxygen atoms in total. The minimum Gasteiger partial charge on any atom is -0.456 e. The summed E-state index contributed by atoms with van der Waals surface area (Å²) in [6, 6.07) is 45.0. The molecular weight excluding hydrogens is 492 g/mol. The Hall–Kier alpha value is -5.55. The zero-order valence-electron chi connectivity index (χ0n) is 21.4. The van der Waals surface area contributed by atoms with Gasteiger partial charge in [-0.1, -0.05) is 109 Å². The van der Waals surface area contributed by atoms with Gasteiger partial charge in [0.2, 0.25) is 5.95 Å². The smallest absolute Gasteiger partial charge is 0.238 e. The maximum Gasteiger partial charge on any atom is 0.238 e. The van der Waals surface area contributed by atoms with E-state index < -0.39 is 0 Å². The van der Waals surface area contributed by atoms with E-state index in [0.29, 0.717) is 17.6 Å². The molecule has 188 valence electrons. The van der Waals surface area contributed by atoms with Crippen molar-refractivity contribution in [2.45, 2.75) is 0 Å². The highest BCUT2D eigenvalue weighted by molar-refractivity contribution is 6.18. The number of rotatable bonds is 4. The summed E-state index contributed by atoms with van der Waals surface area (Å²) in [5.74, 6) is 2.64. The Morgan fingerprint density at radius 3 is 1.70 bits per heavy atom. The van der Waals surface area contributed by atoms with Crippen molar-refractivity contribution in [3.05, 3.63) is 133 Å². The van der Waals surface area contributed by atoms with Crippen LogP contribution >= 0.6 is 0 Å². The fourth-order valence-electron chi connectivity index (χ4n) is 5.42. The lowest BCUT2D eigenvalue weighted by atomic mass is 10.1. The Kier molecular flexibility index (Phi) is 5.07. The average Bonchev–Trinajstić information content (AvgIpc) is 3.62. The normalized spacial score (nSPS) is 11.5. The minimum absolute atomic E-state index is 0.564. The van der Waals surface area contributed by atoms with Gasteiger partial charge in [0, 0.05) is 32.8 Å². The Balaban J connectivity index is 1.47. The van der Waals surface area contributed by atoms with E-state index in [9.17, 15) is 0 Å². The van der Waals surface area contributed by atoms with E-state index in [1.807, 2.05) is 78.9 Å². The lowest BCUT2D eigenvalue weighted by Crippen LogP contribution is -2.06. The molecule has 0 radical (unpaired) electrons. The van der Waals surface area contributed by atoms with E-state index in [-0.39, 0.29) is 0 Å². The predicted octanol–water partition coefficient (Wildman–Crippen LogP) is 8.72. The number of hydrogen-bond donors (Lipinski definition) is 0. The SMILES string of the molecule is c1ccc(-c2nc(-c3ccccc3)nc(-n3c4ccccc4c4ccc5oc(-c6ccccc6)cc5c43)n2)cc1. The lowest BCUT2D eigenvalue weighted by Gasteiger charge is -2.11. The molecule has 0 saturated heterocycles. The van der Waals surface area contributed by atoms with Crippen molar-refractivity contribution in [3.63, 3.8) is 0 Å². The van der Waals surface area contributed by atoms with Crippen molar-refractivity contribution in [1.82, 2.24) is 19.5 Å². The van der Waals surface area contributed by atoms with E-state index >= 15 is 0 Å². The predicted molar refractivity (Wildman–Crippen MR) is 160 cm³/mol. The summed E-state index contributed by atoms with van der Waals surface area (Å²) in [4.78, 5) is 15.0. The van der Waals surface area contributed by atoms with Gasteiger partial charge >= 0.3 is 0 Å². The van der Waals surface area contributed by atoms with Gasteiger partial charge in [0.15, 0.2) is 11.6 Å². The first kappa shape index (κ1) is 22.4. The standard InChI is InChI=1S/C35H22N4O/c1-4-12-23(13-5-1)31-22-28-30(40-31)21-20-27-26-18-10-11-19-29(26)39(32(27)28)35-37-33(24-14-6-2-7-15-24)36-34(38-35)25-16-8-3-9-17-25/h1-22H. The molecule has 5 aromatic carbocycles. The van der Waals surface area contributed by atoms with Crippen molar-refractivity contribution < 1.29 is 4.42 Å². The number of para-hydroxylation sites is 1. The summed E-state index contributed by atoms with van der Waals surface area (Å²) < 4.78 is 8.52. The van der Waals surface area contributed by atoms with Crippen LogP contribution in [0.1, 0.15) is 0 Å². The summed E-state index contributed by atoms with van der Waals surface area (Å²) in [5.41, 5.74) is 5.75. The summed E-state index contributed by atoms with van der Waals surface area (Å²) in [6.45, 7) is 0. The van der Waals surface area contributed by atoms with Gasteiger partial charge < -0.3 is 4.42 Å². The van der Waals surface area contributed by atoms with Gasteiger partial charge in [0.1, 0.15) is 11.3 Å². The van der Waals surface area contributed by atoms with Crippen molar-refractivity contribution in [2.24, 2.45) is 0 Å². The van der Waals surface area contributed by atoms with Gasteiger partial charge in [-0.25, -0.2) is 4.98 Å². The number of fused-ring (bicyclic) bond motifs is 5. The van der Waals surface area contributed by atoms with Crippen LogP contribution in [0.15, 0.2) is 138 Å². The first-order valence-corrected chi connectivity index (χ1v) is 13.2. The summed E-state index contributed by atoms with van der Waals surface area (Å²) in [7, 11) is 0. The molecule has 8 aromatic rings. The number of aromatic nitrogens is 4. The van der Waals surface area contributed by atoms with E-state index in [1.54, 1.807) is 0 Å². The molecule has 0 aliphatic heterocycles. The number of benzene rings is 5. The lowest BCUT2D eigenvalue weighted by molar-refractivity contribution is 0.632. The second-order valence-electron chi connectivity index (χ2n) is 9.72. The van der Waals surface area contributed by atoms with Crippen LogP contribution in [0.25, 0.3) is 72.8 Å². The van der Waals surface area contributed by atoms with Crippen LogP contribution in [0.3, 0.4) is 0 Å². The third-order valence-electron chi connectivity index (χ3n) is 7.28. The molecule has 40 heavy (non-hydrogen) atoms. The molecule has 8 rings (SSSR count). The van der Waals surface area contributed by atoms with Gasteiger partial charge in [-0.15, -0.1) is 0 Å². The van der Waals surface area contributed by atoms with Gasteiger partial charge in [0.25, 0.3) is 0 Å². The number of nitrogens with zero attached hydrogens (tertiary/aromatic N) is 4. The zero-order valence-corrected chi connectivity index (χ0v) is 21.4. The van der Waals surface area contributed by atoms with Crippen LogP contribution in [0.5, 0.6) is 0 Å². The van der Waals surface area contributed by atoms with Crippen LogP contribution in [-0.2, 0) is 0 Å².